The Morgan fingerprint density at radius 1 is 1.25 bits per heavy atom. The van der Waals surface area contributed by atoms with Crippen molar-refractivity contribution in [3.05, 3.63) is 0 Å². The second-order valence-electron chi connectivity index (χ2n) is 5.17. The molecular weight excluding hydrogens is 204 g/mol. The molecule has 1 atom stereocenters. The molecule has 1 unspecified atom stereocenters. The van der Waals surface area contributed by atoms with E-state index >= 15 is 0 Å². The van der Waals surface area contributed by atoms with E-state index in [1.165, 1.54) is 0 Å². The van der Waals surface area contributed by atoms with E-state index in [1.807, 2.05) is 20.8 Å². The number of rotatable bonds is 7. The summed E-state index contributed by atoms with van der Waals surface area (Å²) in [5.41, 5.74) is 10.9. The highest BCUT2D eigenvalue weighted by molar-refractivity contribution is 5.69. The summed E-state index contributed by atoms with van der Waals surface area (Å²) in [6, 6.07) is 0.0825. The van der Waals surface area contributed by atoms with Crippen LogP contribution in [0.5, 0.6) is 0 Å². The van der Waals surface area contributed by atoms with Crippen LogP contribution in [0.15, 0.2) is 0 Å². The molecular formula is C12H26N2O2. The quantitative estimate of drug-likeness (QED) is 0.514. The molecule has 0 aliphatic rings. The molecule has 0 aromatic carbocycles. The van der Waals surface area contributed by atoms with Crippen molar-refractivity contribution in [2.75, 3.05) is 6.54 Å². The Kier molecular flexibility index (Phi) is 7.34. The van der Waals surface area contributed by atoms with Gasteiger partial charge in [-0.15, -0.1) is 0 Å². The van der Waals surface area contributed by atoms with Gasteiger partial charge in [-0.25, -0.2) is 0 Å². The van der Waals surface area contributed by atoms with Gasteiger partial charge in [0, 0.05) is 12.5 Å². The van der Waals surface area contributed by atoms with Crippen LogP contribution in [0.4, 0.5) is 0 Å². The summed E-state index contributed by atoms with van der Waals surface area (Å²) in [7, 11) is 0. The van der Waals surface area contributed by atoms with E-state index in [1.54, 1.807) is 0 Å². The van der Waals surface area contributed by atoms with Crippen LogP contribution in [-0.4, -0.2) is 24.2 Å². The van der Waals surface area contributed by atoms with E-state index in [2.05, 4.69) is 0 Å². The fourth-order valence-electron chi connectivity index (χ4n) is 1.39. The molecule has 0 saturated heterocycles. The van der Waals surface area contributed by atoms with Crippen molar-refractivity contribution in [1.29, 1.82) is 0 Å². The van der Waals surface area contributed by atoms with Crippen LogP contribution in [-0.2, 0) is 9.53 Å². The Balaban J connectivity index is 3.59. The number of ether oxygens (including phenoxy) is 1. The Hall–Kier alpha value is -0.610. The standard InChI is InChI=1S/C12H26N2O2/c1-12(2,3)16-11(15)8-7-10(14)6-4-5-9-13/h10H,4-9,13-14H2,1-3H3. The zero-order chi connectivity index (χ0) is 12.6. The third-order valence-electron chi connectivity index (χ3n) is 2.17. The molecule has 16 heavy (non-hydrogen) atoms. The van der Waals surface area contributed by atoms with Crippen LogP contribution in [0.1, 0.15) is 52.9 Å². The average molecular weight is 230 g/mol. The third-order valence-corrected chi connectivity index (χ3v) is 2.17. The molecule has 0 aliphatic heterocycles. The minimum absolute atomic E-state index is 0.0825. The van der Waals surface area contributed by atoms with E-state index in [4.69, 9.17) is 16.2 Å². The monoisotopic (exact) mass is 230 g/mol. The van der Waals surface area contributed by atoms with Crippen molar-refractivity contribution in [3.8, 4) is 0 Å². The number of esters is 1. The highest BCUT2D eigenvalue weighted by Crippen LogP contribution is 2.11. The minimum atomic E-state index is -0.402. The van der Waals surface area contributed by atoms with E-state index in [0.29, 0.717) is 19.4 Å². The lowest BCUT2D eigenvalue weighted by atomic mass is 10.1. The topological polar surface area (TPSA) is 78.3 Å². The number of carbonyl (C=O) groups is 1. The second kappa shape index (κ2) is 7.63. The van der Waals surface area contributed by atoms with Crippen molar-refractivity contribution in [2.24, 2.45) is 11.5 Å². The van der Waals surface area contributed by atoms with Gasteiger partial charge in [-0.05, 0) is 46.6 Å². The summed E-state index contributed by atoms with van der Waals surface area (Å²) in [4.78, 5) is 11.4. The molecule has 4 N–H and O–H groups in total. The number of hydrogen-bond donors (Lipinski definition) is 2. The molecule has 0 bridgehead atoms. The largest absolute Gasteiger partial charge is 0.460 e. The summed E-state index contributed by atoms with van der Waals surface area (Å²) >= 11 is 0. The molecule has 0 rings (SSSR count). The highest BCUT2D eigenvalue weighted by Gasteiger charge is 2.16. The van der Waals surface area contributed by atoms with Crippen molar-refractivity contribution >= 4 is 5.97 Å². The number of carbonyl (C=O) groups excluding carboxylic acids is 1. The lowest BCUT2D eigenvalue weighted by molar-refractivity contribution is -0.155. The summed E-state index contributed by atoms with van der Waals surface area (Å²) in [5, 5.41) is 0. The molecule has 0 fully saturated rings. The van der Waals surface area contributed by atoms with Gasteiger partial charge in [0.05, 0.1) is 0 Å². The van der Waals surface area contributed by atoms with Gasteiger partial charge in [0.25, 0.3) is 0 Å². The first kappa shape index (κ1) is 15.4. The van der Waals surface area contributed by atoms with E-state index in [9.17, 15) is 4.79 Å². The SMILES string of the molecule is CC(C)(C)OC(=O)CCC(N)CCCCN. The maximum Gasteiger partial charge on any atom is 0.306 e. The van der Waals surface area contributed by atoms with Crippen molar-refractivity contribution in [1.82, 2.24) is 0 Å². The number of nitrogens with two attached hydrogens (primary N) is 2. The van der Waals surface area contributed by atoms with Crippen LogP contribution in [0.25, 0.3) is 0 Å². The third kappa shape index (κ3) is 9.93. The smallest absolute Gasteiger partial charge is 0.306 e. The maximum absolute atomic E-state index is 11.4. The van der Waals surface area contributed by atoms with Crippen LogP contribution in [0, 0.1) is 0 Å². The maximum atomic E-state index is 11.4. The number of unbranched alkanes of at least 4 members (excludes halogenated alkanes) is 1. The summed E-state index contributed by atoms with van der Waals surface area (Å²) in [6.07, 6.45) is 4.06. The van der Waals surface area contributed by atoms with Crippen molar-refractivity contribution in [3.63, 3.8) is 0 Å². The van der Waals surface area contributed by atoms with Gasteiger partial charge in [0.2, 0.25) is 0 Å². The molecule has 0 amide bonds. The first-order valence-electron chi connectivity index (χ1n) is 6.02. The van der Waals surface area contributed by atoms with Crippen LogP contribution >= 0.6 is 0 Å². The predicted octanol–water partition coefficient (Wildman–Crippen LogP) is 1.56. The molecule has 4 nitrogen and oxygen atoms in total. The van der Waals surface area contributed by atoms with Crippen LogP contribution in [0.3, 0.4) is 0 Å². The minimum Gasteiger partial charge on any atom is -0.460 e. The molecule has 0 spiro atoms. The number of hydrogen-bond acceptors (Lipinski definition) is 4. The lowest BCUT2D eigenvalue weighted by Crippen LogP contribution is -2.26. The van der Waals surface area contributed by atoms with Gasteiger partial charge in [-0.3, -0.25) is 4.79 Å². The Morgan fingerprint density at radius 3 is 2.38 bits per heavy atom. The lowest BCUT2D eigenvalue weighted by Gasteiger charge is -2.20. The second-order valence-corrected chi connectivity index (χ2v) is 5.17. The Labute approximate surface area is 98.7 Å². The molecule has 0 radical (unpaired) electrons. The fourth-order valence-corrected chi connectivity index (χ4v) is 1.39. The predicted molar refractivity (Wildman–Crippen MR) is 66.0 cm³/mol. The summed E-state index contributed by atoms with van der Waals surface area (Å²) in [6.45, 7) is 6.31. The van der Waals surface area contributed by atoms with Crippen LogP contribution in [0.2, 0.25) is 0 Å². The first-order valence-corrected chi connectivity index (χ1v) is 6.02. The van der Waals surface area contributed by atoms with Gasteiger partial charge in [-0.2, -0.15) is 0 Å². The Bertz CT molecular complexity index is 200. The van der Waals surface area contributed by atoms with E-state index < -0.39 is 5.60 Å². The first-order chi connectivity index (χ1) is 7.35. The molecule has 0 aliphatic carbocycles. The van der Waals surface area contributed by atoms with Gasteiger partial charge >= 0.3 is 5.97 Å². The molecule has 4 heteroatoms. The molecule has 0 aromatic rings. The highest BCUT2D eigenvalue weighted by atomic mass is 16.6. The molecule has 96 valence electrons. The van der Waals surface area contributed by atoms with E-state index in [-0.39, 0.29) is 12.0 Å². The van der Waals surface area contributed by atoms with Crippen molar-refractivity contribution < 1.29 is 9.53 Å². The van der Waals surface area contributed by atoms with Gasteiger partial charge in [0.1, 0.15) is 5.60 Å². The zero-order valence-electron chi connectivity index (χ0n) is 10.8. The van der Waals surface area contributed by atoms with Gasteiger partial charge in [0.15, 0.2) is 0 Å². The average Bonchev–Trinajstić information content (AvgIpc) is 2.12. The van der Waals surface area contributed by atoms with Gasteiger partial charge < -0.3 is 16.2 Å². The van der Waals surface area contributed by atoms with Crippen LogP contribution < -0.4 is 11.5 Å². The van der Waals surface area contributed by atoms with E-state index in [0.717, 1.165) is 19.3 Å². The Morgan fingerprint density at radius 2 is 1.88 bits per heavy atom. The van der Waals surface area contributed by atoms with Gasteiger partial charge in [-0.1, -0.05) is 6.42 Å². The molecule has 0 heterocycles. The normalized spacial score (nSPS) is 13.6. The molecule has 0 saturated carbocycles. The summed E-state index contributed by atoms with van der Waals surface area (Å²) in [5.74, 6) is -0.165. The summed E-state index contributed by atoms with van der Waals surface area (Å²) < 4.78 is 5.20. The van der Waals surface area contributed by atoms with Crippen molar-refractivity contribution in [2.45, 2.75) is 64.5 Å². The molecule has 0 aromatic heterocycles. The fraction of sp³-hybridized carbons (Fsp3) is 0.917. The zero-order valence-corrected chi connectivity index (χ0v) is 10.8.